The molecule has 12 heavy (non-hydrogen) atoms. The van der Waals surface area contributed by atoms with E-state index in [-0.39, 0.29) is 6.61 Å². The van der Waals surface area contributed by atoms with Crippen LogP contribution in [0.1, 0.15) is 0 Å². The van der Waals surface area contributed by atoms with Gasteiger partial charge in [0.2, 0.25) is 0 Å². The van der Waals surface area contributed by atoms with Crippen LogP contribution < -0.4 is 0 Å². The smallest absolute Gasteiger partial charge is 0.186 e. The highest BCUT2D eigenvalue weighted by Gasteiger charge is 2.38. The van der Waals surface area contributed by atoms with E-state index >= 15 is 0 Å². The second-order valence-corrected chi connectivity index (χ2v) is 2.70. The maximum atomic E-state index is 9.40. The van der Waals surface area contributed by atoms with Gasteiger partial charge in [-0.1, -0.05) is 0 Å². The fourth-order valence-corrected chi connectivity index (χ4v) is 1.22. The molecule has 0 spiro atoms. The van der Waals surface area contributed by atoms with Gasteiger partial charge in [0.25, 0.3) is 0 Å². The Bertz CT molecular complexity index is 138. The number of aliphatic hydroxyl groups is 2. The monoisotopic (exact) mass is 178 g/mol. The lowest BCUT2D eigenvalue weighted by molar-refractivity contribution is -0.268. The van der Waals surface area contributed by atoms with Crippen LogP contribution in [0.3, 0.4) is 0 Å². The average molecular weight is 178 g/mol. The molecule has 1 aliphatic rings. The minimum Gasteiger partial charge on any atom is -0.388 e. The van der Waals surface area contributed by atoms with Crippen LogP contribution in [0.4, 0.5) is 0 Å². The number of methoxy groups -OCH3 is 2. The number of aliphatic hydroxyl groups excluding tert-OH is 2. The summed E-state index contributed by atoms with van der Waals surface area (Å²) in [5.74, 6) is 0. The van der Waals surface area contributed by atoms with Crippen molar-refractivity contribution in [3.05, 3.63) is 0 Å². The number of hydrogen-bond acceptors (Lipinski definition) is 5. The molecule has 1 aliphatic heterocycles. The lowest BCUT2D eigenvalue weighted by Gasteiger charge is -2.36. The molecule has 2 N–H and O–H groups in total. The van der Waals surface area contributed by atoms with Crippen LogP contribution in [0.15, 0.2) is 0 Å². The van der Waals surface area contributed by atoms with Crippen molar-refractivity contribution in [3.8, 4) is 0 Å². The van der Waals surface area contributed by atoms with Gasteiger partial charge in [0.05, 0.1) is 6.61 Å². The summed E-state index contributed by atoms with van der Waals surface area (Å²) in [5, 5.41) is 18.6. The highest BCUT2D eigenvalue weighted by atomic mass is 16.7. The minimum absolute atomic E-state index is 0.0690. The van der Waals surface area contributed by atoms with E-state index in [0.29, 0.717) is 0 Å². The summed E-state index contributed by atoms with van der Waals surface area (Å²) >= 11 is 0. The zero-order valence-corrected chi connectivity index (χ0v) is 7.14. The van der Waals surface area contributed by atoms with E-state index in [2.05, 4.69) is 0 Å². The van der Waals surface area contributed by atoms with Crippen LogP contribution in [0, 0.1) is 0 Å². The quantitative estimate of drug-likeness (QED) is 0.551. The summed E-state index contributed by atoms with van der Waals surface area (Å²) < 4.78 is 14.9. The fraction of sp³-hybridized carbons (Fsp3) is 1.00. The van der Waals surface area contributed by atoms with E-state index in [1.807, 2.05) is 0 Å². The summed E-state index contributed by atoms with van der Waals surface area (Å²) in [7, 11) is 2.89. The molecular weight excluding hydrogens is 164 g/mol. The molecule has 1 rings (SSSR count). The molecule has 0 aliphatic carbocycles. The fourth-order valence-electron chi connectivity index (χ4n) is 1.22. The second kappa shape index (κ2) is 4.15. The molecule has 5 nitrogen and oxygen atoms in total. The van der Waals surface area contributed by atoms with Gasteiger partial charge in [0, 0.05) is 14.2 Å². The molecular formula is C7H14O5. The van der Waals surface area contributed by atoms with Gasteiger partial charge in [0.1, 0.15) is 18.3 Å². The third-order valence-corrected chi connectivity index (χ3v) is 1.93. The van der Waals surface area contributed by atoms with Crippen LogP contribution in [0.2, 0.25) is 0 Å². The topological polar surface area (TPSA) is 68.2 Å². The van der Waals surface area contributed by atoms with Crippen molar-refractivity contribution >= 4 is 0 Å². The van der Waals surface area contributed by atoms with Crippen LogP contribution in [-0.4, -0.2) is 55.6 Å². The van der Waals surface area contributed by atoms with E-state index < -0.39 is 24.6 Å². The van der Waals surface area contributed by atoms with Crippen LogP contribution in [-0.2, 0) is 14.2 Å². The van der Waals surface area contributed by atoms with Crippen LogP contribution >= 0.6 is 0 Å². The number of hydrogen-bond donors (Lipinski definition) is 2. The average Bonchev–Trinajstić information content (AvgIpc) is 2.09. The maximum Gasteiger partial charge on any atom is 0.186 e. The Labute approximate surface area is 70.9 Å². The zero-order valence-electron chi connectivity index (χ0n) is 7.14. The van der Waals surface area contributed by atoms with E-state index in [1.54, 1.807) is 0 Å². The van der Waals surface area contributed by atoms with Crippen molar-refractivity contribution < 1.29 is 24.4 Å². The van der Waals surface area contributed by atoms with Gasteiger partial charge in [-0.05, 0) is 0 Å². The Morgan fingerprint density at radius 1 is 1.25 bits per heavy atom. The molecule has 1 heterocycles. The first kappa shape index (κ1) is 9.88. The van der Waals surface area contributed by atoms with Gasteiger partial charge < -0.3 is 24.4 Å². The largest absolute Gasteiger partial charge is 0.388 e. The van der Waals surface area contributed by atoms with Gasteiger partial charge in [-0.15, -0.1) is 0 Å². The summed E-state index contributed by atoms with van der Waals surface area (Å²) in [6.07, 6.45) is -3.08. The van der Waals surface area contributed by atoms with Gasteiger partial charge in [-0.2, -0.15) is 0 Å². The molecule has 0 amide bonds. The van der Waals surface area contributed by atoms with E-state index in [4.69, 9.17) is 14.2 Å². The molecule has 0 saturated carbocycles. The normalized spacial score (nSPS) is 43.0. The van der Waals surface area contributed by atoms with Crippen molar-refractivity contribution in [2.45, 2.75) is 24.6 Å². The molecule has 1 fully saturated rings. The molecule has 72 valence electrons. The van der Waals surface area contributed by atoms with Crippen molar-refractivity contribution in [3.63, 3.8) is 0 Å². The van der Waals surface area contributed by atoms with Crippen molar-refractivity contribution in [1.29, 1.82) is 0 Å². The second-order valence-electron chi connectivity index (χ2n) is 2.70. The lowest BCUT2D eigenvalue weighted by atomic mass is 10.1. The van der Waals surface area contributed by atoms with E-state index in [0.717, 1.165) is 0 Å². The molecule has 0 aromatic rings. The van der Waals surface area contributed by atoms with Crippen LogP contribution in [0.25, 0.3) is 0 Å². The summed E-state index contributed by atoms with van der Waals surface area (Å²) in [6, 6.07) is 0. The van der Waals surface area contributed by atoms with Crippen molar-refractivity contribution in [2.24, 2.45) is 0 Å². The first-order valence-corrected chi connectivity index (χ1v) is 3.74. The first-order chi connectivity index (χ1) is 5.70. The van der Waals surface area contributed by atoms with Crippen LogP contribution in [0.5, 0.6) is 0 Å². The Morgan fingerprint density at radius 3 is 2.42 bits per heavy atom. The molecule has 0 radical (unpaired) electrons. The molecule has 5 heteroatoms. The first-order valence-electron chi connectivity index (χ1n) is 3.74. The molecule has 0 aromatic carbocycles. The van der Waals surface area contributed by atoms with E-state index in [9.17, 15) is 10.2 Å². The summed E-state index contributed by atoms with van der Waals surface area (Å²) in [4.78, 5) is 0. The van der Waals surface area contributed by atoms with Crippen molar-refractivity contribution in [2.75, 3.05) is 20.8 Å². The van der Waals surface area contributed by atoms with Gasteiger partial charge >= 0.3 is 0 Å². The molecule has 4 atom stereocenters. The SMILES string of the molecule is CO[C@H]1OC[C@@H](O)[C@@H](O)[C@@H]1OC. The minimum atomic E-state index is -0.950. The van der Waals surface area contributed by atoms with Gasteiger partial charge in [-0.3, -0.25) is 0 Å². The predicted molar refractivity (Wildman–Crippen MR) is 39.6 cm³/mol. The number of rotatable bonds is 2. The predicted octanol–water partition coefficient (Wildman–Crippen LogP) is -1.27. The third-order valence-electron chi connectivity index (χ3n) is 1.93. The summed E-state index contributed by atoms with van der Waals surface area (Å²) in [5.41, 5.74) is 0. The molecule has 0 aromatic heterocycles. The Morgan fingerprint density at radius 2 is 1.92 bits per heavy atom. The highest BCUT2D eigenvalue weighted by molar-refractivity contribution is 4.83. The molecule has 0 unspecified atom stereocenters. The lowest BCUT2D eigenvalue weighted by Crippen LogP contribution is -2.54. The highest BCUT2D eigenvalue weighted by Crippen LogP contribution is 2.18. The maximum absolute atomic E-state index is 9.40. The van der Waals surface area contributed by atoms with Crippen molar-refractivity contribution in [1.82, 2.24) is 0 Å². The van der Waals surface area contributed by atoms with E-state index in [1.165, 1.54) is 14.2 Å². The Kier molecular flexibility index (Phi) is 3.42. The summed E-state index contributed by atoms with van der Waals surface area (Å²) in [6.45, 7) is 0.0690. The Hall–Kier alpha value is -0.200. The van der Waals surface area contributed by atoms with Gasteiger partial charge in [0.15, 0.2) is 6.29 Å². The number of ether oxygens (including phenoxy) is 3. The molecule has 0 bridgehead atoms. The third kappa shape index (κ3) is 1.75. The zero-order chi connectivity index (χ0) is 9.14. The molecule has 1 saturated heterocycles. The Balaban J connectivity index is 2.58. The van der Waals surface area contributed by atoms with Gasteiger partial charge in [-0.25, -0.2) is 0 Å². The standard InChI is InChI=1S/C7H14O5/c1-10-6-5(9)4(8)3-12-7(6)11-2/h4-9H,3H2,1-2H3/t4-,5-,6+,7+/m1/s1.